The van der Waals surface area contributed by atoms with Gasteiger partial charge < -0.3 is 15.0 Å². The molecule has 0 aliphatic heterocycles. The van der Waals surface area contributed by atoms with Crippen molar-refractivity contribution in [3.05, 3.63) is 71.4 Å². The number of hydrogen-bond donors (Lipinski definition) is 2. The van der Waals surface area contributed by atoms with E-state index in [1.807, 2.05) is 43.4 Å². The molecule has 0 atom stereocenters. The van der Waals surface area contributed by atoms with Crippen molar-refractivity contribution in [1.82, 2.24) is 9.88 Å². The lowest BCUT2D eigenvalue weighted by atomic mass is 10.1. The normalized spacial score (nSPS) is 11.0. The molecule has 4 heteroatoms. The summed E-state index contributed by atoms with van der Waals surface area (Å²) in [6.45, 7) is 0.692. The van der Waals surface area contributed by atoms with Gasteiger partial charge in [-0.25, -0.2) is 0 Å². The number of carbonyl (C=O) groups is 1. The summed E-state index contributed by atoms with van der Waals surface area (Å²) >= 11 is 0. The molecule has 1 heterocycles. The van der Waals surface area contributed by atoms with Crippen LogP contribution in [0.2, 0.25) is 0 Å². The van der Waals surface area contributed by atoms with Crippen molar-refractivity contribution < 1.29 is 9.90 Å². The van der Waals surface area contributed by atoms with Gasteiger partial charge in [-0.15, -0.1) is 0 Å². The van der Waals surface area contributed by atoms with Crippen LogP contribution in [0.25, 0.3) is 10.9 Å². The summed E-state index contributed by atoms with van der Waals surface area (Å²) in [6.07, 6.45) is 4.15. The van der Waals surface area contributed by atoms with Crippen LogP contribution in [-0.4, -0.2) is 22.1 Å². The molecule has 3 aromatic rings. The maximum atomic E-state index is 12.1. The van der Waals surface area contributed by atoms with E-state index in [9.17, 15) is 4.79 Å². The number of aromatic nitrogens is 1. The van der Waals surface area contributed by atoms with Crippen molar-refractivity contribution in [3.63, 3.8) is 0 Å². The fraction of sp³-hybridized carbons (Fsp3) is 0.286. The summed E-state index contributed by atoms with van der Waals surface area (Å²) < 4.78 is 2.11. The molecule has 4 nitrogen and oxygen atoms in total. The maximum Gasteiger partial charge on any atom is 0.220 e. The van der Waals surface area contributed by atoms with Gasteiger partial charge in [-0.2, -0.15) is 0 Å². The Kier molecular flexibility index (Phi) is 5.51. The second-order valence-electron chi connectivity index (χ2n) is 6.36. The number of para-hydroxylation sites is 1. The van der Waals surface area contributed by atoms with Crippen LogP contribution in [-0.2, 0) is 31.3 Å². The number of aliphatic hydroxyl groups excluding tert-OH is 1. The van der Waals surface area contributed by atoms with E-state index in [0.29, 0.717) is 13.0 Å². The third kappa shape index (κ3) is 4.28. The van der Waals surface area contributed by atoms with Crippen molar-refractivity contribution in [2.24, 2.45) is 7.05 Å². The Morgan fingerprint density at radius 3 is 2.52 bits per heavy atom. The SMILES string of the molecule is Cn1cc(CCC(=O)NCCc2ccc(CO)cc2)c2ccccc21. The van der Waals surface area contributed by atoms with Crippen LogP contribution in [0, 0.1) is 0 Å². The lowest BCUT2D eigenvalue weighted by Crippen LogP contribution is -2.25. The lowest BCUT2D eigenvalue weighted by molar-refractivity contribution is -0.121. The Morgan fingerprint density at radius 1 is 1.04 bits per heavy atom. The van der Waals surface area contributed by atoms with Gasteiger partial charge in [0.2, 0.25) is 5.91 Å². The molecule has 3 rings (SSSR count). The van der Waals surface area contributed by atoms with Gasteiger partial charge in [-0.05, 0) is 35.6 Å². The molecule has 0 saturated heterocycles. The van der Waals surface area contributed by atoms with Crippen LogP contribution in [0.5, 0.6) is 0 Å². The molecule has 0 saturated carbocycles. The molecule has 0 radical (unpaired) electrons. The zero-order valence-electron chi connectivity index (χ0n) is 14.5. The van der Waals surface area contributed by atoms with Gasteiger partial charge in [0.1, 0.15) is 0 Å². The van der Waals surface area contributed by atoms with Crippen LogP contribution in [0.3, 0.4) is 0 Å². The summed E-state index contributed by atoms with van der Waals surface area (Å²) in [7, 11) is 2.04. The minimum Gasteiger partial charge on any atom is -0.392 e. The van der Waals surface area contributed by atoms with Crippen LogP contribution in [0.4, 0.5) is 0 Å². The van der Waals surface area contributed by atoms with Gasteiger partial charge in [0.25, 0.3) is 0 Å². The van der Waals surface area contributed by atoms with Gasteiger partial charge in [0, 0.05) is 37.1 Å². The predicted molar refractivity (Wildman–Crippen MR) is 100 cm³/mol. The minimum absolute atomic E-state index is 0.0607. The Morgan fingerprint density at radius 2 is 1.76 bits per heavy atom. The molecular weight excluding hydrogens is 312 g/mol. The fourth-order valence-electron chi connectivity index (χ4n) is 3.12. The van der Waals surface area contributed by atoms with Gasteiger partial charge in [0.15, 0.2) is 0 Å². The van der Waals surface area contributed by atoms with E-state index >= 15 is 0 Å². The molecule has 2 aromatic carbocycles. The topological polar surface area (TPSA) is 54.3 Å². The summed E-state index contributed by atoms with van der Waals surface area (Å²) in [5.41, 5.74) is 4.48. The number of aliphatic hydroxyl groups is 1. The average molecular weight is 336 g/mol. The largest absolute Gasteiger partial charge is 0.392 e. The number of benzene rings is 2. The van der Waals surface area contributed by atoms with Crippen molar-refractivity contribution in [2.75, 3.05) is 6.54 Å². The summed E-state index contributed by atoms with van der Waals surface area (Å²) in [4.78, 5) is 12.1. The fourth-order valence-corrected chi connectivity index (χ4v) is 3.12. The molecule has 0 aliphatic carbocycles. The number of carbonyl (C=O) groups excluding carboxylic acids is 1. The van der Waals surface area contributed by atoms with E-state index in [1.165, 1.54) is 16.5 Å². The number of rotatable bonds is 7. The number of fused-ring (bicyclic) bond motifs is 1. The molecule has 25 heavy (non-hydrogen) atoms. The summed E-state index contributed by atoms with van der Waals surface area (Å²) in [6, 6.07) is 16.1. The third-order valence-electron chi connectivity index (χ3n) is 4.54. The van der Waals surface area contributed by atoms with E-state index in [0.717, 1.165) is 24.0 Å². The molecule has 1 aromatic heterocycles. The molecule has 0 spiro atoms. The lowest BCUT2D eigenvalue weighted by Gasteiger charge is -2.06. The molecule has 0 aliphatic rings. The van der Waals surface area contributed by atoms with Gasteiger partial charge in [0.05, 0.1) is 6.61 Å². The van der Waals surface area contributed by atoms with Crippen molar-refractivity contribution in [3.8, 4) is 0 Å². The molecule has 0 bridgehead atoms. The van der Waals surface area contributed by atoms with Gasteiger partial charge >= 0.3 is 0 Å². The highest BCUT2D eigenvalue weighted by Crippen LogP contribution is 2.21. The second kappa shape index (κ2) is 7.99. The third-order valence-corrected chi connectivity index (χ3v) is 4.54. The van der Waals surface area contributed by atoms with Crippen molar-refractivity contribution in [2.45, 2.75) is 25.9 Å². The summed E-state index contributed by atoms with van der Waals surface area (Å²) in [5.74, 6) is 0.0833. The van der Waals surface area contributed by atoms with Gasteiger partial charge in [-0.1, -0.05) is 42.5 Å². The van der Waals surface area contributed by atoms with Crippen molar-refractivity contribution >= 4 is 16.8 Å². The molecular formula is C21H24N2O2. The Labute approximate surface area is 148 Å². The molecule has 0 unspecified atom stereocenters. The van der Waals surface area contributed by atoms with Crippen molar-refractivity contribution in [1.29, 1.82) is 0 Å². The van der Waals surface area contributed by atoms with Crippen LogP contribution < -0.4 is 5.32 Å². The number of nitrogens with zero attached hydrogens (tertiary/aromatic N) is 1. The zero-order valence-corrected chi connectivity index (χ0v) is 14.5. The first kappa shape index (κ1) is 17.2. The minimum atomic E-state index is 0.0607. The Hall–Kier alpha value is -2.59. The second-order valence-corrected chi connectivity index (χ2v) is 6.36. The zero-order chi connectivity index (χ0) is 17.6. The van der Waals surface area contributed by atoms with E-state index < -0.39 is 0 Å². The Bertz CT molecular complexity index is 850. The average Bonchev–Trinajstić information content (AvgIpc) is 2.97. The first-order chi connectivity index (χ1) is 12.2. The van der Waals surface area contributed by atoms with Crippen LogP contribution >= 0.6 is 0 Å². The molecule has 1 amide bonds. The summed E-state index contributed by atoms with van der Waals surface area (Å²) in [5, 5.41) is 13.3. The van der Waals surface area contributed by atoms with E-state index in [4.69, 9.17) is 5.11 Å². The quantitative estimate of drug-likeness (QED) is 0.697. The molecule has 130 valence electrons. The van der Waals surface area contributed by atoms with E-state index in [2.05, 4.69) is 28.2 Å². The van der Waals surface area contributed by atoms with E-state index in [1.54, 1.807) is 0 Å². The monoisotopic (exact) mass is 336 g/mol. The number of nitrogens with one attached hydrogen (secondary N) is 1. The highest BCUT2D eigenvalue weighted by atomic mass is 16.3. The first-order valence-corrected chi connectivity index (χ1v) is 8.65. The number of aryl methyl sites for hydroxylation is 2. The van der Waals surface area contributed by atoms with Crippen LogP contribution in [0.1, 0.15) is 23.1 Å². The number of amides is 1. The van der Waals surface area contributed by atoms with Gasteiger partial charge in [-0.3, -0.25) is 4.79 Å². The smallest absolute Gasteiger partial charge is 0.220 e. The Balaban J connectivity index is 1.47. The highest BCUT2D eigenvalue weighted by molar-refractivity contribution is 5.84. The molecule has 0 fully saturated rings. The maximum absolute atomic E-state index is 12.1. The molecule has 2 N–H and O–H groups in total. The number of hydrogen-bond acceptors (Lipinski definition) is 2. The first-order valence-electron chi connectivity index (χ1n) is 8.65. The van der Waals surface area contributed by atoms with Crippen LogP contribution in [0.15, 0.2) is 54.7 Å². The predicted octanol–water partition coefficient (Wildman–Crippen LogP) is 2.96. The van der Waals surface area contributed by atoms with E-state index in [-0.39, 0.29) is 12.5 Å². The highest BCUT2D eigenvalue weighted by Gasteiger charge is 2.08. The standard InChI is InChI=1S/C21H24N2O2/c1-23-14-18(19-4-2-3-5-20(19)23)10-11-21(25)22-13-12-16-6-8-17(15-24)9-7-16/h2-9,14,24H,10-13,15H2,1H3,(H,22,25).